The number of benzene rings is 1. The summed E-state index contributed by atoms with van der Waals surface area (Å²) in [5.74, 6) is 1.01. The summed E-state index contributed by atoms with van der Waals surface area (Å²) in [5.41, 5.74) is 0.888. The number of nitrogens with zero attached hydrogens (tertiary/aromatic N) is 4. The van der Waals surface area contributed by atoms with Crippen molar-refractivity contribution in [1.29, 1.82) is 0 Å². The number of rotatable bonds is 6. The van der Waals surface area contributed by atoms with Gasteiger partial charge in [0.1, 0.15) is 24.1 Å². The molecule has 2 aromatic rings. The normalized spacial score (nSPS) is 22.1. The van der Waals surface area contributed by atoms with Crippen molar-refractivity contribution in [2.75, 3.05) is 13.1 Å². The van der Waals surface area contributed by atoms with E-state index in [1.807, 2.05) is 32.9 Å². The Labute approximate surface area is 205 Å². The lowest BCUT2D eigenvalue weighted by molar-refractivity contribution is 0.0226. The van der Waals surface area contributed by atoms with Crippen molar-refractivity contribution in [3.05, 3.63) is 59.9 Å². The fraction of sp³-hybridized carbons (Fsp3) is 0.462. The molecule has 3 unspecified atom stereocenters. The molecule has 4 rings (SSSR count). The zero-order chi connectivity index (χ0) is 24.8. The number of hydrogen-bond donors (Lipinski definition) is 1. The molecule has 1 saturated heterocycles. The van der Waals surface area contributed by atoms with Gasteiger partial charge in [0.25, 0.3) is 0 Å². The summed E-state index contributed by atoms with van der Waals surface area (Å²) in [7, 11) is 0. The first kappa shape index (κ1) is 24.8. The van der Waals surface area contributed by atoms with E-state index in [4.69, 9.17) is 14.5 Å². The maximum atomic E-state index is 12.9. The summed E-state index contributed by atoms with van der Waals surface area (Å²) in [5, 5.41) is 3.45. The molecule has 1 N–H and O–H groups in total. The predicted octanol–water partition coefficient (Wildman–Crippen LogP) is 4.47. The van der Waals surface area contributed by atoms with E-state index in [-0.39, 0.29) is 18.2 Å². The van der Waals surface area contributed by atoms with Crippen molar-refractivity contribution < 1.29 is 18.7 Å². The topological polar surface area (TPSA) is 88.4 Å². The molecule has 1 amide bonds. The predicted molar refractivity (Wildman–Crippen MR) is 133 cm³/mol. The first-order valence-corrected chi connectivity index (χ1v) is 11.9. The number of alkyl halides is 1. The molecule has 3 heterocycles. The molecular weight excluding hydrogens is 449 g/mol. The third-order valence-corrected chi connectivity index (χ3v) is 5.75. The Morgan fingerprint density at radius 3 is 2.71 bits per heavy atom. The number of likely N-dealkylation sites (tertiary alicyclic amines) is 1. The van der Waals surface area contributed by atoms with Crippen LogP contribution in [0.25, 0.3) is 0 Å². The van der Waals surface area contributed by atoms with Crippen LogP contribution >= 0.6 is 0 Å². The number of nitrogens with one attached hydrogen (secondary N) is 1. The SMILES string of the molecule is CC(C)(C)OC(=O)N1CCCC1CNC1C=NC(c2cccnc2)N=C1Oc1ccc(CF)cc1. The standard InChI is InChI=1S/C26H32FN5O3/c1-26(2,3)35-25(33)32-13-5-7-20(32)16-29-22-17-30-23(19-6-4-12-28-15-19)31-24(22)34-21-10-8-18(14-27)9-11-21/h4,6,8-12,15,17,20,22-23,29H,5,7,13-14,16H2,1-3H3. The Kier molecular flexibility index (Phi) is 7.75. The van der Waals surface area contributed by atoms with Gasteiger partial charge in [0.15, 0.2) is 6.17 Å². The first-order valence-electron chi connectivity index (χ1n) is 11.9. The number of halogens is 1. The summed E-state index contributed by atoms with van der Waals surface area (Å²) in [6.07, 6.45) is 6.25. The van der Waals surface area contributed by atoms with Crippen LogP contribution in [0.1, 0.15) is 50.9 Å². The second-order valence-corrected chi connectivity index (χ2v) is 9.66. The van der Waals surface area contributed by atoms with Crippen LogP contribution in [0.3, 0.4) is 0 Å². The lowest BCUT2D eigenvalue weighted by Crippen LogP contribution is -2.50. The summed E-state index contributed by atoms with van der Waals surface area (Å²) in [4.78, 5) is 27.9. The highest BCUT2D eigenvalue weighted by Gasteiger charge is 2.33. The summed E-state index contributed by atoms with van der Waals surface area (Å²) in [6, 6.07) is 10.2. The van der Waals surface area contributed by atoms with Gasteiger partial charge in [-0.2, -0.15) is 0 Å². The molecule has 0 radical (unpaired) electrons. The van der Waals surface area contributed by atoms with Gasteiger partial charge in [-0.05, 0) is 57.4 Å². The molecule has 35 heavy (non-hydrogen) atoms. The van der Waals surface area contributed by atoms with Gasteiger partial charge in [-0.1, -0.05) is 18.2 Å². The zero-order valence-electron chi connectivity index (χ0n) is 20.4. The third kappa shape index (κ3) is 6.63. The Balaban J connectivity index is 1.47. The maximum Gasteiger partial charge on any atom is 0.410 e. The van der Waals surface area contributed by atoms with E-state index in [1.54, 1.807) is 47.8 Å². The van der Waals surface area contributed by atoms with Crippen LogP contribution in [0.4, 0.5) is 9.18 Å². The second-order valence-electron chi connectivity index (χ2n) is 9.66. The van der Waals surface area contributed by atoms with Gasteiger partial charge in [-0.15, -0.1) is 0 Å². The van der Waals surface area contributed by atoms with Crippen LogP contribution in [0.2, 0.25) is 0 Å². The lowest BCUT2D eigenvalue weighted by Gasteiger charge is -2.30. The average molecular weight is 482 g/mol. The molecular formula is C26H32FN5O3. The minimum absolute atomic E-state index is 0.000570. The number of ether oxygens (including phenoxy) is 2. The largest absolute Gasteiger partial charge is 0.444 e. The Bertz CT molecular complexity index is 1050. The number of pyridine rings is 1. The van der Waals surface area contributed by atoms with Crippen LogP contribution in [0, 0.1) is 0 Å². The van der Waals surface area contributed by atoms with E-state index < -0.39 is 18.4 Å². The molecule has 8 nitrogen and oxygen atoms in total. The van der Waals surface area contributed by atoms with Crippen molar-refractivity contribution in [3.8, 4) is 5.75 Å². The molecule has 0 spiro atoms. The Hall–Kier alpha value is -3.33. The highest BCUT2D eigenvalue weighted by molar-refractivity contribution is 6.00. The Morgan fingerprint density at radius 1 is 1.23 bits per heavy atom. The third-order valence-electron chi connectivity index (χ3n) is 5.75. The van der Waals surface area contributed by atoms with Gasteiger partial charge >= 0.3 is 6.09 Å². The molecule has 0 bridgehead atoms. The van der Waals surface area contributed by atoms with Gasteiger partial charge in [-0.25, -0.2) is 14.2 Å². The molecule has 1 aromatic carbocycles. The zero-order valence-corrected chi connectivity index (χ0v) is 20.4. The van der Waals surface area contributed by atoms with Crippen LogP contribution in [-0.2, 0) is 11.4 Å². The smallest absolute Gasteiger partial charge is 0.410 e. The number of hydrogen-bond acceptors (Lipinski definition) is 7. The lowest BCUT2D eigenvalue weighted by atomic mass is 10.1. The number of carbonyl (C=O) groups excluding carboxylic acids is 1. The highest BCUT2D eigenvalue weighted by atomic mass is 19.1. The summed E-state index contributed by atoms with van der Waals surface area (Å²) >= 11 is 0. The Morgan fingerprint density at radius 2 is 2.03 bits per heavy atom. The van der Waals surface area contributed by atoms with Gasteiger partial charge in [0, 0.05) is 43.3 Å². The molecule has 2 aliphatic heterocycles. The monoisotopic (exact) mass is 481 g/mol. The molecule has 9 heteroatoms. The van der Waals surface area contributed by atoms with Crippen molar-refractivity contribution in [3.63, 3.8) is 0 Å². The molecule has 1 aromatic heterocycles. The molecule has 1 fully saturated rings. The van der Waals surface area contributed by atoms with Crippen LogP contribution in [-0.4, -0.2) is 58.9 Å². The number of amides is 1. The highest BCUT2D eigenvalue weighted by Crippen LogP contribution is 2.24. The van der Waals surface area contributed by atoms with E-state index in [2.05, 4.69) is 15.3 Å². The molecule has 0 saturated carbocycles. The van der Waals surface area contributed by atoms with E-state index in [0.29, 0.717) is 30.3 Å². The van der Waals surface area contributed by atoms with E-state index in [1.165, 1.54) is 0 Å². The van der Waals surface area contributed by atoms with Crippen molar-refractivity contribution in [1.82, 2.24) is 15.2 Å². The second kappa shape index (κ2) is 10.9. The summed E-state index contributed by atoms with van der Waals surface area (Å²) in [6.45, 7) is 6.28. The minimum atomic E-state index is -0.541. The van der Waals surface area contributed by atoms with Gasteiger partial charge in [0.05, 0.1) is 0 Å². The number of aromatic nitrogens is 1. The quantitative estimate of drug-likeness (QED) is 0.658. The van der Waals surface area contributed by atoms with Crippen LogP contribution in [0.5, 0.6) is 5.75 Å². The van der Waals surface area contributed by atoms with Gasteiger partial charge in [0.2, 0.25) is 5.90 Å². The molecule has 2 aliphatic rings. The van der Waals surface area contributed by atoms with Crippen LogP contribution < -0.4 is 10.1 Å². The molecule has 3 atom stereocenters. The minimum Gasteiger partial charge on any atom is -0.444 e. The van der Waals surface area contributed by atoms with E-state index >= 15 is 0 Å². The molecule has 0 aliphatic carbocycles. The first-order chi connectivity index (χ1) is 16.8. The van der Waals surface area contributed by atoms with Crippen molar-refractivity contribution >= 4 is 18.2 Å². The van der Waals surface area contributed by atoms with Crippen LogP contribution in [0.15, 0.2) is 58.8 Å². The van der Waals surface area contributed by atoms with E-state index in [9.17, 15) is 9.18 Å². The van der Waals surface area contributed by atoms with E-state index in [0.717, 1.165) is 18.4 Å². The fourth-order valence-electron chi connectivity index (χ4n) is 4.02. The maximum absolute atomic E-state index is 12.9. The van der Waals surface area contributed by atoms with Gasteiger partial charge in [-0.3, -0.25) is 15.3 Å². The van der Waals surface area contributed by atoms with Crippen molar-refractivity contribution in [2.45, 2.75) is 64.1 Å². The summed E-state index contributed by atoms with van der Waals surface area (Å²) < 4.78 is 24.6. The number of carbonyl (C=O) groups is 1. The number of aliphatic imine (C=N–C) groups is 2. The molecule has 186 valence electrons. The fourth-order valence-corrected chi connectivity index (χ4v) is 4.02. The average Bonchev–Trinajstić information content (AvgIpc) is 3.32. The van der Waals surface area contributed by atoms with Gasteiger partial charge < -0.3 is 14.4 Å². The van der Waals surface area contributed by atoms with Crippen molar-refractivity contribution in [2.24, 2.45) is 9.98 Å².